The molecule has 0 fully saturated rings. The Kier molecular flexibility index (Phi) is 1.70. The van der Waals surface area contributed by atoms with E-state index in [9.17, 15) is 0 Å². The zero-order chi connectivity index (χ0) is 8.55. The first-order chi connectivity index (χ1) is 5.77. The third kappa shape index (κ3) is 1.14. The van der Waals surface area contributed by atoms with E-state index in [0.29, 0.717) is 0 Å². The molecular weight excluding hydrogens is 148 g/mol. The molecule has 1 aromatic rings. The number of benzene rings is 1. The summed E-state index contributed by atoms with van der Waals surface area (Å²) >= 11 is 0. The van der Waals surface area contributed by atoms with Crippen molar-refractivity contribution in [1.82, 2.24) is 0 Å². The van der Waals surface area contributed by atoms with E-state index in [1.807, 2.05) is 13.1 Å². The lowest BCUT2D eigenvalue weighted by atomic mass is 10.0. The van der Waals surface area contributed by atoms with Crippen molar-refractivity contribution in [2.75, 3.05) is 0 Å². The molecule has 62 valence electrons. The van der Waals surface area contributed by atoms with Gasteiger partial charge < -0.3 is 5.73 Å². The van der Waals surface area contributed by atoms with Crippen LogP contribution in [0.3, 0.4) is 0 Å². The van der Waals surface area contributed by atoms with E-state index in [0.717, 1.165) is 17.7 Å². The van der Waals surface area contributed by atoms with Crippen molar-refractivity contribution < 1.29 is 0 Å². The van der Waals surface area contributed by atoms with Gasteiger partial charge in [0.2, 0.25) is 0 Å². The van der Waals surface area contributed by atoms with E-state index in [1.165, 1.54) is 5.56 Å². The lowest BCUT2D eigenvalue weighted by Gasteiger charge is -2.06. The Morgan fingerprint density at radius 1 is 1.50 bits per heavy atom. The molecule has 1 atom stereocenters. The van der Waals surface area contributed by atoms with Crippen molar-refractivity contribution in [1.29, 1.82) is 0 Å². The fraction of sp³-hybridized carbons (Fsp3) is 0.300. The molecule has 0 aliphatic carbocycles. The van der Waals surface area contributed by atoms with Crippen LogP contribution in [0.15, 0.2) is 23.2 Å². The Balaban J connectivity index is 2.44. The second-order valence-electron chi connectivity index (χ2n) is 3.19. The van der Waals surface area contributed by atoms with E-state index in [1.54, 1.807) is 0 Å². The summed E-state index contributed by atoms with van der Waals surface area (Å²) in [7, 11) is 0. The average Bonchev–Trinajstić information content (AvgIpc) is 2.49. The molecule has 1 aromatic carbocycles. The minimum absolute atomic E-state index is 0.103. The molecule has 1 aliphatic rings. The van der Waals surface area contributed by atoms with Crippen LogP contribution in [0.5, 0.6) is 0 Å². The highest BCUT2D eigenvalue weighted by Crippen LogP contribution is 2.26. The van der Waals surface area contributed by atoms with Crippen molar-refractivity contribution >= 4 is 11.9 Å². The fourth-order valence-electron chi connectivity index (χ4n) is 1.40. The van der Waals surface area contributed by atoms with E-state index in [2.05, 4.69) is 23.2 Å². The average molecular weight is 160 g/mol. The molecule has 0 unspecified atom stereocenters. The van der Waals surface area contributed by atoms with Gasteiger partial charge in [0.15, 0.2) is 0 Å². The van der Waals surface area contributed by atoms with E-state index in [-0.39, 0.29) is 6.04 Å². The zero-order valence-corrected chi connectivity index (χ0v) is 7.12. The number of hydrogen-bond acceptors (Lipinski definition) is 2. The number of aliphatic imine (C=N–C) groups is 1. The van der Waals surface area contributed by atoms with Crippen LogP contribution in [0.2, 0.25) is 0 Å². The van der Waals surface area contributed by atoms with Crippen molar-refractivity contribution in [3.05, 3.63) is 29.3 Å². The third-order valence-electron chi connectivity index (χ3n) is 2.18. The molecule has 1 heterocycles. The summed E-state index contributed by atoms with van der Waals surface area (Å²) in [4.78, 5) is 4.26. The Morgan fingerprint density at radius 2 is 2.33 bits per heavy atom. The predicted molar refractivity (Wildman–Crippen MR) is 50.9 cm³/mol. The van der Waals surface area contributed by atoms with Gasteiger partial charge in [0, 0.05) is 18.7 Å². The highest BCUT2D eigenvalue weighted by Gasteiger charge is 2.07. The molecule has 2 nitrogen and oxygen atoms in total. The molecule has 1 aliphatic heterocycles. The molecule has 0 aromatic heterocycles. The summed E-state index contributed by atoms with van der Waals surface area (Å²) in [6.07, 6.45) is 2.91. The summed E-state index contributed by atoms with van der Waals surface area (Å²) in [6, 6.07) is 6.37. The van der Waals surface area contributed by atoms with Crippen molar-refractivity contribution in [3.8, 4) is 0 Å². The van der Waals surface area contributed by atoms with Crippen LogP contribution >= 0.6 is 0 Å². The molecular formula is C10H12N2. The first kappa shape index (κ1) is 7.50. The summed E-state index contributed by atoms with van der Waals surface area (Å²) in [5.74, 6) is 0. The highest BCUT2D eigenvalue weighted by molar-refractivity contribution is 5.76. The molecule has 0 bridgehead atoms. The van der Waals surface area contributed by atoms with Crippen LogP contribution in [0, 0.1) is 0 Å². The maximum atomic E-state index is 5.76. The van der Waals surface area contributed by atoms with E-state index >= 15 is 0 Å². The fourth-order valence-corrected chi connectivity index (χ4v) is 1.40. The van der Waals surface area contributed by atoms with Crippen LogP contribution in [0.4, 0.5) is 5.69 Å². The quantitative estimate of drug-likeness (QED) is 0.670. The Hall–Kier alpha value is -1.15. The van der Waals surface area contributed by atoms with Gasteiger partial charge in [-0.05, 0) is 24.1 Å². The lowest BCUT2D eigenvalue weighted by molar-refractivity contribution is 0.818. The Labute approximate surface area is 72.1 Å². The van der Waals surface area contributed by atoms with Gasteiger partial charge >= 0.3 is 0 Å². The summed E-state index contributed by atoms with van der Waals surface area (Å²) in [5, 5.41) is 0. The normalized spacial score (nSPS) is 16.2. The Morgan fingerprint density at radius 3 is 3.08 bits per heavy atom. The summed E-state index contributed by atoms with van der Waals surface area (Å²) in [5.41, 5.74) is 9.31. The second-order valence-corrected chi connectivity index (χ2v) is 3.19. The number of nitrogens with two attached hydrogens (primary N) is 1. The van der Waals surface area contributed by atoms with Crippen molar-refractivity contribution in [3.63, 3.8) is 0 Å². The maximum absolute atomic E-state index is 5.76. The minimum atomic E-state index is 0.103. The van der Waals surface area contributed by atoms with Gasteiger partial charge in [0.25, 0.3) is 0 Å². The van der Waals surface area contributed by atoms with Crippen LogP contribution < -0.4 is 5.73 Å². The smallest absolute Gasteiger partial charge is 0.0664 e. The first-order valence-electron chi connectivity index (χ1n) is 4.18. The van der Waals surface area contributed by atoms with Gasteiger partial charge in [-0.3, -0.25) is 4.99 Å². The van der Waals surface area contributed by atoms with E-state index in [4.69, 9.17) is 5.73 Å². The number of nitrogens with zero attached hydrogens (tertiary/aromatic N) is 1. The first-order valence-corrected chi connectivity index (χ1v) is 4.18. The third-order valence-corrected chi connectivity index (χ3v) is 2.18. The second kappa shape index (κ2) is 2.72. The van der Waals surface area contributed by atoms with Gasteiger partial charge in [-0.2, -0.15) is 0 Å². The van der Waals surface area contributed by atoms with Gasteiger partial charge in [-0.1, -0.05) is 12.1 Å². The molecule has 0 radical (unpaired) electrons. The molecule has 0 spiro atoms. The SMILES string of the molecule is C[C@@H](N)c1ccc2c(c1)N=CC2. The molecule has 0 amide bonds. The standard InChI is InChI=1S/C10H12N2/c1-7(11)9-3-2-8-4-5-12-10(8)6-9/h2-3,5-7H,4,11H2,1H3/t7-/m1/s1. The van der Waals surface area contributed by atoms with Crippen LogP contribution in [-0.2, 0) is 6.42 Å². The minimum Gasteiger partial charge on any atom is -0.324 e. The van der Waals surface area contributed by atoms with E-state index < -0.39 is 0 Å². The summed E-state index contributed by atoms with van der Waals surface area (Å²) < 4.78 is 0. The monoisotopic (exact) mass is 160 g/mol. The van der Waals surface area contributed by atoms with Crippen LogP contribution in [-0.4, -0.2) is 6.21 Å². The Bertz CT molecular complexity index is 327. The van der Waals surface area contributed by atoms with Crippen molar-refractivity contribution in [2.24, 2.45) is 10.7 Å². The van der Waals surface area contributed by atoms with Gasteiger partial charge in [-0.25, -0.2) is 0 Å². The van der Waals surface area contributed by atoms with Gasteiger partial charge in [0.1, 0.15) is 0 Å². The summed E-state index contributed by atoms with van der Waals surface area (Å²) in [6.45, 7) is 1.99. The van der Waals surface area contributed by atoms with Gasteiger partial charge in [-0.15, -0.1) is 0 Å². The predicted octanol–water partition coefficient (Wildman–Crippen LogP) is 1.96. The number of rotatable bonds is 1. The number of hydrogen-bond donors (Lipinski definition) is 1. The lowest BCUT2D eigenvalue weighted by Crippen LogP contribution is -2.04. The van der Waals surface area contributed by atoms with Crippen LogP contribution in [0.25, 0.3) is 0 Å². The van der Waals surface area contributed by atoms with Crippen LogP contribution in [0.1, 0.15) is 24.1 Å². The van der Waals surface area contributed by atoms with Gasteiger partial charge in [0.05, 0.1) is 5.69 Å². The highest BCUT2D eigenvalue weighted by atomic mass is 14.7. The number of fused-ring (bicyclic) bond motifs is 1. The zero-order valence-electron chi connectivity index (χ0n) is 7.12. The largest absolute Gasteiger partial charge is 0.324 e. The molecule has 12 heavy (non-hydrogen) atoms. The maximum Gasteiger partial charge on any atom is 0.0664 e. The molecule has 2 N–H and O–H groups in total. The topological polar surface area (TPSA) is 38.4 Å². The molecule has 2 rings (SSSR count). The molecule has 0 saturated carbocycles. The van der Waals surface area contributed by atoms with Crippen molar-refractivity contribution in [2.45, 2.75) is 19.4 Å². The molecule has 2 heteroatoms. The molecule has 0 saturated heterocycles.